The van der Waals surface area contributed by atoms with Gasteiger partial charge in [-0.15, -0.1) is 0 Å². The van der Waals surface area contributed by atoms with Gasteiger partial charge in [0.2, 0.25) is 10.0 Å². The molecule has 0 heterocycles. The Morgan fingerprint density at radius 2 is 2.13 bits per heavy atom. The molecule has 4 nitrogen and oxygen atoms in total. The van der Waals surface area contributed by atoms with Crippen LogP contribution in [0.1, 0.15) is 39.0 Å². The highest BCUT2D eigenvalue weighted by Crippen LogP contribution is 2.23. The summed E-state index contributed by atoms with van der Waals surface area (Å²) in [5, 5.41) is 0. The van der Waals surface area contributed by atoms with Crippen molar-refractivity contribution in [1.82, 2.24) is 4.72 Å². The van der Waals surface area contributed by atoms with Crippen LogP contribution in [-0.4, -0.2) is 26.8 Å². The number of sulfonamides is 1. The highest BCUT2D eigenvalue weighted by atomic mass is 32.2. The molecule has 0 radical (unpaired) electrons. The van der Waals surface area contributed by atoms with Crippen LogP contribution in [0.2, 0.25) is 0 Å². The van der Waals surface area contributed by atoms with Crippen LogP contribution in [-0.2, 0) is 10.0 Å². The van der Waals surface area contributed by atoms with Crippen LogP contribution < -0.4 is 10.5 Å². The van der Waals surface area contributed by atoms with E-state index in [2.05, 4.69) is 4.72 Å². The molecule has 0 saturated heterocycles. The van der Waals surface area contributed by atoms with Gasteiger partial charge in [0.05, 0.1) is 5.75 Å². The van der Waals surface area contributed by atoms with Crippen molar-refractivity contribution in [2.24, 2.45) is 11.7 Å². The van der Waals surface area contributed by atoms with Gasteiger partial charge in [-0.25, -0.2) is 13.1 Å². The van der Waals surface area contributed by atoms with E-state index in [0.29, 0.717) is 12.5 Å². The molecule has 1 rings (SSSR count). The monoisotopic (exact) mass is 234 g/mol. The van der Waals surface area contributed by atoms with E-state index in [4.69, 9.17) is 5.73 Å². The normalized spacial score (nSPS) is 27.1. The van der Waals surface area contributed by atoms with Gasteiger partial charge >= 0.3 is 0 Å². The fourth-order valence-corrected chi connectivity index (χ4v) is 3.25. The number of hydrogen-bond acceptors (Lipinski definition) is 3. The number of nitrogens with one attached hydrogen (secondary N) is 1. The third kappa shape index (κ3) is 4.95. The summed E-state index contributed by atoms with van der Waals surface area (Å²) in [5.41, 5.74) is 5.77. The third-order valence-corrected chi connectivity index (χ3v) is 4.37. The fourth-order valence-electron chi connectivity index (χ4n) is 1.95. The van der Waals surface area contributed by atoms with Crippen LogP contribution >= 0.6 is 0 Å². The summed E-state index contributed by atoms with van der Waals surface area (Å²) in [4.78, 5) is 0. The first-order valence-corrected chi connectivity index (χ1v) is 7.41. The molecule has 0 aromatic heterocycles. The van der Waals surface area contributed by atoms with Gasteiger partial charge in [0, 0.05) is 12.6 Å². The third-order valence-electron chi connectivity index (χ3n) is 2.94. The zero-order valence-corrected chi connectivity index (χ0v) is 10.2. The highest BCUT2D eigenvalue weighted by molar-refractivity contribution is 7.89. The van der Waals surface area contributed by atoms with E-state index in [1.165, 1.54) is 0 Å². The fraction of sp³-hybridized carbons (Fsp3) is 1.00. The van der Waals surface area contributed by atoms with Crippen LogP contribution in [0.4, 0.5) is 0 Å². The number of hydrogen-bond donors (Lipinski definition) is 2. The van der Waals surface area contributed by atoms with E-state index in [0.717, 1.165) is 32.1 Å². The summed E-state index contributed by atoms with van der Waals surface area (Å²) in [5.74, 6) is 0.693. The molecule has 5 heteroatoms. The van der Waals surface area contributed by atoms with Gasteiger partial charge in [-0.05, 0) is 31.6 Å². The molecular weight excluding hydrogens is 212 g/mol. The maximum absolute atomic E-state index is 11.5. The van der Waals surface area contributed by atoms with Crippen molar-refractivity contribution in [3.8, 4) is 0 Å². The number of rotatable bonds is 6. The Morgan fingerprint density at radius 3 is 2.67 bits per heavy atom. The predicted molar refractivity (Wildman–Crippen MR) is 62.0 cm³/mol. The Bertz CT molecular complexity index is 277. The average Bonchev–Trinajstić information content (AvgIpc) is 2.59. The molecule has 0 bridgehead atoms. The number of nitrogens with two attached hydrogens (primary N) is 1. The van der Waals surface area contributed by atoms with Gasteiger partial charge in [0.15, 0.2) is 0 Å². The van der Waals surface area contributed by atoms with Gasteiger partial charge in [-0.2, -0.15) is 0 Å². The first kappa shape index (κ1) is 12.9. The molecule has 0 amide bonds. The molecule has 0 aromatic carbocycles. The summed E-state index contributed by atoms with van der Waals surface area (Å²) in [6, 6.07) is 0.273. The standard InChI is InChI=1S/C10H22N2O2S/c1-2-3-6-15(13,14)12-8-9-4-5-10(11)7-9/h9-10,12H,2-8,11H2,1H3/t9-,10+/m0/s1. The largest absolute Gasteiger partial charge is 0.328 e. The van der Waals surface area contributed by atoms with Crippen LogP contribution in [0.15, 0.2) is 0 Å². The van der Waals surface area contributed by atoms with Crippen molar-refractivity contribution < 1.29 is 8.42 Å². The van der Waals surface area contributed by atoms with Gasteiger partial charge in [-0.3, -0.25) is 0 Å². The molecule has 15 heavy (non-hydrogen) atoms. The van der Waals surface area contributed by atoms with Crippen molar-refractivity contribution in [2.45, 2.75) is 45.1 Å². The molecule has 3 N–H and O–H groups in total. The first-order valence-electron chi connectivity index (χ1n) is 5.76. The quantitative estimate of drug-likeness (QED) is 0.715. The summed E-state index contributed by atoms with van der Waals surface area (Å²) in [6.45, 7) is 2.56. The molecule has 0 aliphatic heterocycles. The predicted octanol–water partition coefficient (Wildman–Crippen LogP) is 0.833. The summed E-state index contributed by atoms with van der Waals surface area (Å²) in [6.07, 6.45) is 4.68. The van der Waals surface area contributed by atoms with E-state index in [1.54, 1.807) is 0 Å². The molecule has 0 aromatic rings. The lowest BCUT2D eigenvalue weighted by Crippen LogP contribution is -2.31. The minimum Gasteiger partial charge on any atom is -0.328 e. The van der Waals surface area contributed by atoms with Gasteiger partial charge in [-0.1, -0.05) is 13.3 Å². The van der Waals surface area contributed by atoms with Crippen LogP contribution in [0, 0.1) is 5.92 Å². The summed E-state index contributed by atoms with van der Waals surface area (Å²) < 4.78 is 25.6. The van der Waals surface area contributed by atoms with Crippen molar-refractivity contribution in [2.75, 3.05) is 12.3 Å². The Hall–Kier alpha value is -0.130. The van der Waals surface area contributed by atoms with Crippen molar-refractivity contribution in [3.05, 3.63) is 0 Å². The summed E-state index contributed by atoms with van der Waals surface area (Å²) in [7, 11) is -3.04. The molecule has 1 aliphatic carbocycles. The van der Waals surface area contributed by atoms with Gasteiger partial charge < -0.3 is 5.73 Å². The first-order chi connectivity index (χ1) is 7.03. The molecule has 1 fully saturated rings. The molecule has 2 atom stereocenters. The van der Waals surface area contributed by atoms with E-state index in [9.17, 15) is 8.42 Å². The second-order valence-electron chi connectivity index (χ2n) is 4.46. The molecular formula is C10H22N2O2S. The van der Waals surface area contributed by atoms with Crippen molar-refractivity contribution in [1.29, 1.82) is 0 Å². The summed E-state index contributed by atoms with van der Waals surface area (Å²) >= 11 is 0. The maximum Gasteiger partial charge on any atom is 0.211 e. The molecule has 0 spiro atoms. The Labute approximate surface area is 92.7 Å². The maximum atomic E-state index is 11.5. The second-order valence-corrected chi connectivity index (χ2v) is 6.39. The average molecular weight is 234 g/mol. The van der Waals surface area contributed by atoms with E-state index in [-0.39, 0.29) is 11.8 Å². The minimum absolute atomic E-state index is 0.252. The van der Waals surface area contributed by atoms with E-state index in [1.807, 2.05) is 6.92 Å². The van der Waals surface area contributed by atoms with Crippen molar-refractivity contribution >= 4 is 10.0 Å². The number of unbranched alkanes of at least 4 members (excludes halogenated alkanes) is 1. The topological polar surface area (TPSA) is 72.2 Å². The SMILES string of the molecule is CCCCS(=O)(=O)NC[C@H]1CC[C@@H](N)C1. The zero-order chi connectivity index (χ0) is 11.3. The second kappa shape index (κ2) is 5.82. The molecule has 1 aliphatic rings. The lowest BCUT2D eigenvalue weighted by Gasteiger charge is -2.11. The van der Waals surface area contributed by atoms with Crippen LogP contribution in [0.3, 0.4) is 0 Å². The zero-order valence-electron chi connectivity index (χ0n) is 9.41. The van der Waals surface area contributed by atoms with Crippen molar-refractivity contribution in [3.63, 3.8) is 0 Å². The molecule has 0 unspecified atom stereocenters. The Balaban J connectivity index is 2.24. The lowest BCUT2D eigenvalue weighted by molar-refractivity contribution is 0.511. The van der Waals surface area contributed by atoms with Gasteiger partial charge in [0.1, 0.15) is 0 Å². The van der Waals surface area contributed by atoms with Crippen LogP contribution in [0.5, 0.6) is 0 Å². The van der Waals surface area contributed by atoms with E-state index >= 15 is 0 Å². The molecule has 1 saturated carbocycles. The van der Waals surface area contributed by atoms with Crippen LogP contribution in [0.25, 0.3) is 0 Å². The minimum atomic E-state index is -3.04. The Morgan fingerprint density at radius 1 is 1.40 bits per heavy atom. The molecule has 90 valence electrons. The Kier molecular flexibility index (Phi) is 5.02. The lowest BCUT2D eigenvalue weighted by atomic mass is 10.1. The van der Waals surface area contributed by atoms with E-state index < -0.39 is 10.0 Å². The smallest absolute Gasteiger partial charge is 0.211 e. The highest BCUT2D eigenvalue weighted by Gasteiger charge is 2.22. The van der Waals surface area contributed by atoms with Gasteiger partial charge in [0.25, 0.3) is 0 Å².